The van der Waals surface area contributed by atoms with Gasteiger partial charge in [-0.1, -0.05) is 11.6 Å². The molecule has 1 atom stereocenters. The molecule has 0 bridgehead atoms. The summed E-state index contributed by atoms with van der Waals surface area (Å²) >= 11 is 6.46. The van der Waals surface area contributed by atoms with Gasteiger partial charge >= 0.3 is 0 Å². The summed E-state index contributed by atoms with van der Waals surface area (Å²) in [6.45, 7) is 1.49. The summed E-state index contributed by atoms with van der Waals surface area (Å²) < 4.78 is 29.4. The number of aromatic nitrogens is 4. The highest BCUT2D eigenvalue weighted by atomic mass is 35.5. The Morgan fingerprint density at radius 1 is 1.18 bits per heavy atom. The lowest BCUT2D eigenvalue weighted by atomic mass is 9.86. The third-order valence-electron chi connectivity index (χ3n) is 6.89. The Kier molecular flexibility index (Phi) is 6.89. The molecule has 0 aliphatic carbocycles. The third kappa shape index (κ3) is 4.99. The molecule has 1 fully saturated rings. The second-order valence-electron chi connectivity index (χ2n) is 9.63. The Morgan fingerprint density at radius 3 is 2.76 bits per heavy atom. The van der Waals surface area contributed by atoms with Crippen LogP contribution < -0.4 is 21.7 Å². The molecule has 5 rings (SSSR count). The smallest absolute Gasteiger partial charge is 0.221 e. The molecular formula is C26H27ClF2N8O. The van der Waals surface area contributed by atoms with Gasteiger partial charge in [0.25, 0.3) is 0 Å². The van der Waals surface area contributed by atoms with E-state index in [4.69, 9.17) is 23.1 Å². The van der Waals surface area contributed by atoms with Crippen LogP contribution in [-0.4, -0.2) is 51.1 Å². The number of benzene rings is 1. The number of nitrogens with two attached hydrogens (primary N) is 2. The molecule has 9 nitrogen and oxygen atoms in total. The second-order valence-corrected chi connectivity index (χ2v) is 10.0. The van der Waals surface area contributed by atoms with Crippen molar-refractivity contribution in [1.29, 1.82) is 0 Å². The molecule has 0 saturated carbocycles. The first-order chi connectivity index (χ1) is 18.2. The minimum atomic E-state index is -0.955. The zero-order valence-electron chi connectivity index (χ0n) is 20.7. The van der Waals surface area contributed by atoms with Gasteiger partial charge in [-0.05, 0) is 42.7 Å². The molecular weight excluding hydrogens is 514 g/mol. The van der Waals surface area contributed by atoms with Gasteiger partial charge in [0.2, 0.25) is 5.91 Å². The third-order valence-corrected chi connectivity index (χ3v) is 7.16. The molecule has 5 N–H and O–H groups in total. The molecule has 4 heterocycles. The van der Waals surface area contributed by atoms with Crippen LogP contribution in [0.15, 0.2) is 43.0 Å². The molecule has 1 aromatic carbocycles. The van der Waals surface area contributed by atoms with Gasteiger partial charge in [0.15, 0.2) is 17.5 Å². The fourth-order valence-electron chi connectivity index (χ4n) is 5.00. The summed E-state index contributed by atoms with van der Waals surface area (Å²) in [6.07, 6.45) is 6.51. The molecule has 1 unspecified atom stereocenters. The van der Waals surface area contributed by atoms with E-state index in [1.165, 1.54) is 12.3 Å². The van der Waals surface area contributed by atoms with Crippen LogP contribution in [0.4, 0.5) is 20.3 Å². The number of fused-ring (bicyclic) bond motifs is 1. The van der Waals surface area contributed by atoms with Gasteiger partial charge in [0.05, 0.1) is 47.2 Å². The van der Waals surface area contributed by atoms with Crippen molar-refractivity contribution in [3.05, 3.63) is 65.2 Å². The van der Waals surface area contributed by atoms with Crippen LogP contribution in [0.25, 0.3) is 22.3 Å². The van der Waals surface area contributed by atoms with Crippen molar-refractivity contribution in [3.63, 3.8) is 0 Å². The van der Waals surface area contributed by atoms with Gasteiger partial charge in [0, 0.05) is 37.7 Å². The number of nitrogen functional groups attached to an aromatic ring is 1. The van der Waals surface area contributed by atoms with Crippen LogP contribution in [0, 0.1) is 11.6 Å². The number of carbonyl (C=O) groups excluding carboxylic acids is 1. The highest BCUT2D eigenvalue weighted by molar-refractivity contribution is 6.35. The minimum absolute atomic E-state index is 0.118. The van der Waals surface area contributed by atoms with Crippen molar-refractivity contribution in [1.82, 2.24) is 24.8 Å². The zero-order chi connectivity index (χ0) is 27.0. The highest BCUT2D eigenvalue weighted by Gasteiger charge is 2.34. The Morgan fingerprint density at radius 2 is 2.00 bits per heavy atom. The van der Waals surface area contributed by atoms with E-state index in [-0.39, 0.29) is 18.1 Å². The molecule has 1 aliphatic heterocycles. The van der Waals surface area contributed by atoms with Crippen molar-refractivity contribution in [2.45, 2.75) is 31.3 Å². The number of amides is 1. The van der Waals surface area contributed by atoms with E-state index in [1.54, 1.807) is 19.6 Å². The van der Waals surface area contributed by atoms with E-state index in [1.807, 2.05) is 10.6 Å². The maximum atomic E-state index is 14.0. The van der Waals surface area contributed by atoms with Crippen molar-refractivity contribution >= 4 is 40.0 Å². The van der Waals surface area contributed by atoms with Crippen molar-refractivity contribution in [2.24, 2.45) is 5.73 Å². The SMILES string of the molecule is CNC(=O)CC1(N)CCCN(c2cnc(-c3ccc(F)c(F)c3)cc2Cn2cnc3c(N)ncc(Cl)c32)C1. The van der Waals surface area contributed by atoms with E-state index >= 15 is 0 Å². The van der Waals surface area contributed by atoms with Crippen molar-refractivity contribution in [2.75, 3.05) is 30.8 Å². The number of imidazole rings is 1. The summed E-state index contributed by atoms with van der Waals surface area (Å²) in [4.78, 5) is 27.3. The molecule has 0 spiro atoms. The second kappa shape index (κ2) is 10.1. The quantitative estimate of drug-likeness (QED) is 0.341. The van der Waals surface area contributed by atoms with Crippen LogP contribution in [0.3, 0.4) is 0 Å². The predicted octanol–water partition coefficient (Wildman–Crippen LogP) is 3.49. The standard InChI is InChI=1S/C26H27ClF2N8O/c1-32-22(38)9-26(31)5-2-6-36(13-26)21-11-33-20(15-3-4-18(28)19(29)7-15)8-16(21)12-37-14-35-23-24(37)17(27)10-34-25(23)30/h3-4,7-8,10-11,14H,2,5-6,9,12-13,31H2,1H3,(H2,30,34)(H,32,38). The lowest BCUT2D eigenvalue weighted by Crippen LogP contribution is -2.56. The van der Waals surface area contributed by atoms with Gasteiger partial charge in [-0.25, -0.2) is 18.7 Å². The first-order valence-corrected chi connectivity index (χ1v) is 12.5. The van der Waals surface area contributed by atoms with Gasteiger partial charge in [-0.2, -0.15) is 0 Å². The number of halogens is 3. The Balaban J connectivity index is 1.58. The maximum Gasteiger partial charge on any atom is 0.221 e. The van der Waals surface area contributed by atoms with Gasteiger partial charge in [-0.3, -0.25) is 9.78 Å². The number of carbonyl (C=O) groups is 1. The first-order valence-electron chi connectivity index (χ1n) is 12.1. The average molecular weight is 541 g/mol. The summed E-state index contributed by atoms with van der Waals surface area (Å²) in [5.74, 6) is -1.74. The molecule has 1 saturated heterocycles. The van der Waals surface area contributed by atoms with Gasteiger partial charge in [0.1, 0.15) is 5.52 Å². The lowest BCUT2D eigenvalue weighted by Gasteiger charge is -2.41. The van der Waals surface area contributed by atoms with Crippen LogP contribution >= 0.6 is 11.6 Å². The minimum Gasteiger partial charge on any atom is -0.382 e. The summed E-state index contributed by atoms with van der Waals surface area (Å²) in [6, 6.07) is 5.50. The molecule has 4 aromatic rings. The summed E-state index contributed by atoms with van der Waals surface area (Å²) in [7, 11) is 1.59. The number of hydrogen-bond donors (Lipinski definition) is 3. The summed E-state index contributed by atoms with van der Waals surface area (Å²) in [5, 5.41) is 3.04. The fourth-order valence-corrected chi connectivity index (χ4v) is 5.25. The van der Waals surface area contributed by atoms with Gasteiger partial charge in [-0.15, -0.1) is 0 Å². The number of rotatable bonds is 6. The average Bonchev–Trinajstić information content (AvgIpc) is 3.32. The lowest BCUT2D eigenvalue weighted by molar-refractivity contribution is -0.121. The largest absolute Gasteiger partial charge is 0.382 e. The Bertz CT molecular complexity index is 1530. The zero-order valence-corrected chi connectivity index (χ0v) is 21.5. The number of anilines is 2. The van der Waals surface area contributed by atoms with E-state index in [0.29, 0.717) is 53.4 Å². The Hall–Kier alpha value is -3.83. The van der Waals surface area contributed by atoms with Crippen molar-refractivity contribution in [3.8, 4) is 11.3 Å². The predicted molar refractivity (Wildman–Crippen MR) is 143 cm³/mol. The van der Waals surface area contributed by atoms with Gasteiger partial charge < -0.3 is 26.3 Å². The van der Waals surface area contributed by atoms with E-state index in [2.05, 4.69) is 25.2 Å². The van der Waals surface area contributed by atoms with E-state index < -0.39 is 17.2 Å². The highest BCUT2D eigenvalue weighted by Crippen LogP contribution is 2.33. The number of hydrogen-bond acceptors (Lipinski definition) is 7. The molecule has 198 valence electrons. The monoisotopic (exact) mass is 540 g/mol. The molecule has 0 radical (unpaired) electrons. The number of pyridine rings is 2. The number of piperidine rings is 1. The molecule has 12 heteroatoms. The van der Waals surface area contributed by atoms with Crippen molar-refractivity contribution < 1.29 is 13.6 Å². The van der Waals surface area contributed by atoms with Crippen LogP contribution in [0.1, 0.15) is 24.8 Å². The van der Waals surface area contributed by atoms with E-state index in [9.17, 15) is 13.6 Å². The molecule has 1 aliphatic rings. The molecule has 1 amide bonds. The first kappa shape index (κ1) is 25.8. The summed E-state index contributed by atoms with van der Waals surface area (Å²) in [5.41, 5.74) is 15.6. The Labute approximate surface area is 222 Å². The number of nitrogens with one attached hydrogen (secondary N) is 1. The fraction of sp³-hybridized carbons (Fsp3) is 0.308. The van der Waals surface area contributed by atoms with Crippen LogP contribution in [0.5, 0.6) is 0 Å². The van der Waals surface area contributed by atoms with Crippen LogP contribution in [0.2, 0.25) is 5.02 Å². The topological polar surface area (TPSA) is 128 Å². The van der Waals surface area contributed by atoms with E-state index in [0.717, 1.165) is 29.8 Å². The maximum absolute atomic E-state index is 14.0. The van der Waals surface area contributed by atoms with Crippen LogP contribution in [-0.2, 0) is 11.3 Å². The normalized spacial score (nSPS) is 17.7. The number of nitrogens with zero attached hydrogens (tertiary/aromatic N) is 5. The molecule has 38 heavy (non-hydrogen) atoms. The molecule has 3 aromatic heterocycles.